The number of benzene rings is 1. The van der Waals surface area contributed by atoms with Crippen molar-refractivity contribution in [3.8, 4) is 0 Å². The van der Waals surface area contributed by atoms with Gasteiger partial charge in [0.15, 0.2) is 4.87 Å². The van der Waals surface area contributed by atoms with E-state index in [1.807, 2.05) is 26.1 Å². The zero-order valence-corrected chi connectivity index (χ0v) is 19.7. The highest BCUT2D eigenvalue weighted by molar-refractivity contribution is 9.10. The summed E-state index contributed by atoms with van der Waals surface area (Å²) in [4.78, 5) is 29.8. The number of ether oxygens (including phenoxy) is 1. The van der Waals surface area contributed by atoms with Gasteiger partial charge in [-0.25, -0.2) is 0 Å². The van der Waals surface area contributed by atoms with Crippen molar-refractivity contribution in [3.63, 3.8) is 0 Å². The van der Waals surface area contributed by atoms with Crippen LogP contribution >= 0.6 is 27.7 Å². The average Bonchev–Trinajstić information content (AvgIpc) is 3.22. The van der Waals surface area contributed by atoms with Crippen molar-refractivity contribution >= 4 is 45.3 Å². The van der Waals surface area contributed by atoms with Crippen molar-refractivity contribution in [1.82, 2.24) is 4.90 Å². The third-order valence-corrected chi connectivity index (χ3v) is 8.76. The average molecular weight is 481 g/mol. The number of likely N-dealkylation sites (N-methyl/N-ethyl adjacent to an activating group) is 1. The molecule has 4 rings (SSSR count). The van der Waals surface area contributed by atoms with E-state index in [2.05, 4.69) is 33.8 Å². The van der Waals surface area contributed by atoms with E-state index in [1.165, 1.54) is 19.3 Å². The van der Waals surface area contributed by atoms with Crippen LogP contribution in [0.1, 0.15) is 51.5 Å². The summed E-state index contributed by atoms with van der Waals surface area (Å²) in [5, 5.41) is 0. The number of nitrogens with zero attached hydrogens (tertiary/aromatic N) is 2. The first-order valence-corrected chi connectivity index (χ1v) is 12.4. The second-order valence-corrected chi connectivity index (χ2v) is 10.4. The van der Waals surface area contributed by atoms with Crippen LogP contribution in [0, 0.1) is 5.92 Å². The SMILES string of the molecule is CCOC(=O)[C@@H]1CS[C@@]2(C(=O)N(C)c3ccc(Br)cc32)N1C(C)C1CCCCC1. The zero-order chi connectivity index (χ0) is 20.8. The lowest BCUT2D eigenvalue weighted by Gasteiger charge is -2.43. The van der Waals surface area contributed by atoms with Crippen molar-refractivity contribution in [2.45, 2.75) is 62.9 Å². The van der Waals surface area contributed by atoms with E-state index < -0.39 is 10.9 Å². The van der Waals surface area contributed by atoms with Crippen LogP contribution in [0.3, 0.4) is 0 Å². The smallest absolute Gasteiger partial charge is 0.324 e. The minimum Gasteiger partial charge on any atom is -0.465 e. The molecule has 7 heteroatoms. The molecule has 158 valence electrons. The molecule has 1 amide bonds. The van der Waals surface area contributed by atoms with Crippen LogP contribution < -0.4 is 4.90 Å². The highest BCUT2D eigenvalue weighted by atomic mass is 79.9. The molecule has 1 unspecified atom stereocenters. The summed E-state index contributed by atoms with van der Waals surface area (Å²) >= 11 is 5.18. The third kappa shape index (κ3) is 3.33. The number of fused-ring (bicyclic) bond motifs is 2. The molecular weight excluding hydrogens is 452 g/mol. The molecule has 1 aliphatic carbocycles. The number of thioether (sulfide) groups is 1. The summed E-state index contributed by atoms with van der Waals surface area (Å²) in [6.07, 6.45) is 6.04. The lowest BCUT2D eigenvalue weighted by molar-refractivity contribution is -0.152. The van der Waals surface area contributed by atoms with Crippen LogP contribution in [0.2, 0.25) is 0 Å². The fourth-order valence-corrected chi connectivity index (χ4v) is 7.40. The van der Waals surface area contributed by atoms with E-state index in [0.717, 1.165) is 28.6 Å². The van der Waals surface area contributed by atoms with Crippen molar-refractivity contribution in [2.24, 2.45) is 5.92 Å². The molecule has 1 spiro atoms. The predicted molar refractivity (Wildman–Crippen MR) is 120 cm³/mol. The van der Waals surface area contributed by atoms with Crippen molar-refractivity contribution in [3.05, 3.63) is 28.2 Å². The summed E-state index contributed by atoms with van der Waals surface area (Å²) < 4.78 is 6.39. The second kappa shape index (κ2) is 8.23. The van der Waals surface area contributed by atoms with Gasteiger partial charge in [-0.2, -0.15) is 0 Å². The molecule has 29 heavy (non-hydrogen) atoms. The number of halogens is 1. The molecule has 2 heterocycles. The molecule has 2 fully saturated rings. The Morgan fingerprint density at radius 1 is 1.34 bits per heavy atom. The van der Waals surface area contributed by atoms with E-state index in [9.17, 15) is 9.59 Å². The van der Waals surface area contributed by atoms with Crippen LogP contribution in [-0.2, 0) is 19.2 Å². The molecule has 3 aliphatic rings. The largest absolute Gasteiger partial charge is 0.465 e. The maximum absolute atomic E-state index is 13.7. The number of rotatable bonds is 4. The molecule has 3 atom stereocenters. The second-order valence-electron chi connectivity index (χ2n) is 8.29. The molecule has 5 nitrogen and oxygen atoms in total. The first kappa shape index (κ1) is 21.2. The third-order valence-electron chi connectivity index (χ3n) is 6.76. The highest BCUT2D eigenvalue weighted by Gasteiger charge is 2.63. The van der Waals surface area contributed by atoms with Gasteiger partial charge >= 0.3 is 5.97 Å². The number of hydrogen-bond acceptors (Lipinski definition) is 5. The molecule has 0 N–H and O–H groups in total. The fourth-order valence-electron chi connectivity index (χ4n) is 5.32. The molecule has 0 bridgehead atoms. The Hall–Kier alpha value is -1.05. The summed E-state index contributed by atoms with van der Waals surface area (Å²) in [5.74, 6) is 0.899. The van der Waals surface area contributed by atoms with E-state index in [4.69, 9.17) is 4.74 Å². The molecule has 1 aromatic carbocycles. The minimum atomic E-state index is -0.859. The Kier molecular flexibility index (Phi) is 6.02. The maximum atomic E-state index is 13.7. The Balaban J connectivity index is 1.82. The number of anilines is 1. The quantitative estimate of drug-likeness (QED) is 0.592. The monoisotopic (exact) mass is 480 g/mol. The first-order chi connectivity index (χ1) is 13.9. The number of esters is 1. The Morgan fingerprint density at radius 3 is 2.76 bits per heavy atom. The van der Waals surface area contributed by atoms with Gasteiger partial charge in [0.2, 0.25) is 0 Å². The van der Waals surface area contributed by atoms with E-state index in [0.29, 0.717) is 18.3 Å². The summed E-state index contributed by atoms with van der Waals surface area (Å²) in [6, 6.07) is 5.74. The highest BCUT2D eigenvalue weighted by Crippen LogP contribution is 2.57. The number of carbonyl (C=O) groups is 2. The van der Waals surface area contributed by atoms with Crippen LogP contribution in [0.25, 0.3) is 0 Å². The van der Waals surface area contributed by atoms with Gasteiger partial charge in [0.1, 0.15) is 6.04 Å². The molecule has 2 aliphatic heterocycles. The molecular formula is C22H29BrN2O3S. The van der Waals surface area contributed by atoms with Gasteiger partial charge in [0.25, 0.3) is 5.91 Å². The minimum absolute atomic E-state index is 0.0463. The standard InChI is InChI=1S/C22H29BrN2O3S/c1-4-28-20(26)19-13-29-22(25(19)14(2)15-8-6-5-7-9-15)17-12-16(23)10-11-18(17)24(3)21(22)27/h10-12,14-15,19H,4-9,13H2,1-3H3/t14?,19-,22-/m0/s1. The van der Waals surface area contributed by atoms with Gasteiger partial charge in [-0.05, 0) is 50.8 Å². The molecule has 0 aromatic heterocycles. The molecule has 1 aromatic rings. The fraction of sp³-hybridized carbons (Fsp3) is 0.636. The van der Waals surface area contributed by atoms with Crippen LogP contribution in [0.4, 0.5) is 5.69 Å². The summed E-state index contributed by atoms with van der Waals surface area (Å²) in [6.45, 7) is 4.40. The predicted octanol–water partition coefficient (Wildman–Crippen LogP) is 4.53. The van der Waals surface area contributed by atoms with Crippen molar-refractivity contribution < 1.29 is 14.3 Å². The van der Waals surface area contributed by atoms with Gasteiger partial charge in [0.05, 0.1) is 6.61 Å². The van der Waals surface area contributed by atoms with Gasteiger partial charge < -0.3 is 9.64 Å². The van der Waals surface area contributed by atoms with E-state index in [-0.39, 0.29) is 17.9 Å². The van der Waals surface area contributed by atoms with Crippen molar-refractivity contribution in [1.29, 1.82) is 0 Å². The first-order valence-electron chi connectivity index (χ1n) is 10.6. The normalized spacial score (nSPS) is 28.8. The van der Waals surface area contributed by atoms with E-state index >= 15 is 0 Å². The Labute approximate surface area is 185 Å². The van der Waals surface area contributed by atoms with Crippen molar-refractivity contribution in [2.75, 3.05) is 24.3 Å². The van der Waals surface area contributed by atoms with Crippen LogP contribution in [0.15, 0.2) is 22.7 Å². The Morgan fingerprint density at radius 2 is 2.07 bits per heavy atom. The molecule has 0 radical (unpaired) electrons. The molecule has 1 saturated heterocycles. The lowest BCUT2D eigenvalue weighted by Crippen LogP contribution is -2.58. The number of amides is 1. The van der Waals surface area contributed by atoms with Gasteiger partial charge in [-0.15, -0.1) is 11.8 Å². The van der Waals surface area contributed by atoms with Gasteiger partial charge in [0, 0.05) is 34.6 Å². The topological polar surface area (TPSA) is 49.9 Å². The Bertz CT molecular complexity index is 813. The number of carbonyl (C=O) groups excluding carboxylic acids is 2. The summed E-state index contributed by atoms with van der Waals surface area (Å²) in [5.41, 5.74) is 1.91. The van der Waals surface area contributed by atoms with Crippen LogP contribution in [-0.4, -0.2) is 48.3 Å². The molecule has 1 saturated carbocycles. The lowest BCUT2D eigenvalue weighted by atomic mass is 9.82. The van der Waals surface area contributed by atoms with Gasteiger partial charge in [-0.3, -0.25) is 14.5 Å². The van der Waals surface area contributed by atoms with E-state index in [1.54, 1.807) is 16.7 Å². The maximum Gasteiger partial charge on any atom is 0.324 e. The zero-order valence-electron chi connectivity index (χ0n) is 17.3. The van der Waals surface area contributed by atoms with Gasteiger partial charge in [-0.1, -0.05) is 35.2 Å². The number of hydrogen-bond donors (Lipinski definition) is 0. The van der Waals surface area contributed by atoms with Crippen LogP contribution in [0.5, 0.6) is 0 Å². The summed E-state index contributed by atoms with van der Waals surface area (Å²) in [7, 11) is 1.84.